The Bertz CT molecular complexity index is 605. The monoisotopic (exact) mass is 240 g/mol. The van der Waals surface area contributed by atoms with Gasteiger partial charge < -0.3 is 5.11 Å². The maximum absolute atomic E-state index is 13.3. The lowest BCUT2D eigenvalue weighted by atomic mass is 10.1. The van der Waals surface area contributed by atoms with Crippen LogP contribution >= 0.6 is 11.5 Å². The van der Waals surface area contributed by atoms with E-state index in [-0.39, 0.29) is 10.7 Å². The van der Waals surface area contributed by atoms with Crippen molar-refractivity contribution in [2.45, 2.75) is 0 Å². The topological polar surface area (TPSA) is 83.0 Å². The minimum Gasteiger partial charge on any atom is -0.478 e. The molecule has 0 aliphatic heterocycles. The Morgan fingerprint density at radius 3 is 2.75 bits per heavy atom. The van der Waals surface area contributed by atoms with Gasteiger partial charge in [0.05, 0.1) is 5.56 Å². The second-order valence-electron chi connectivity index (χ2n) is 2.94. The van der Waals surface area contributed by atoms with Gasteiger partial charge in [-0.05, 0) is 12.1 Å². The number of aromatic carboxylic acids is 1. The number of rotatable bonds is 2. The van der Waals surface area contributed by atoms with E-state index < -0.39 is 17.3 Å². The van der Waals surface area contributed by atoms with Crippen molar-refractivity contribution < 1.29 is 14.3 Å². The van der Waals surface area contributed by atoms with E-state index in [0.717, 1.165) is 12.1 Å². The van der Waals surface area contributed by atoms with E-state index in [1.165, 1.54) is 6.07 Å². The number of benzene rings is 1. The molecule has 1 heterocycles. The van der Waals surface area contributed by atoms with E-state index in [1.54, 1.807) is 0 Å². The third-order valence-electron chi connectivity index (χ3n) is 1.91. The van der Waals surface area contributed by atoms with E-state index in [1.807, 2.05) is 0 Å². The predicted molar refractivity (Wildman–Crippen MR) is 55.1 cm³/mol. The summed E-state index contributed by atoms with van der Waals surface area (Å²) >= 11 is 0.716. The Balaban J connectivity index is 2.49. The number of H-pyrrole nitrogens is 1. The van der Waals surface area contributed by atoms with Crippen LogP contribution < -0.4 is 4.87 Å². The zero-order valence-corrected chi connectivity index (χ0v) is 8.55. The molecule has 16 heavy (non-hydrogen) atoms. The van der Waals surface area contributed by atoms with Gasteiger partial charge in [-0.25, -0.2) is 9.18 Å². The van der Waals surface area contributed by atoms with E-state index >= 15 is 0 Å². The van der Waals surface area contributed by atoms with Crippen molar-refractivity contribution in [1.29, 1.82) is 0 Å². The molecule has 7 heteroatoms. The number of carboxylic acids is 1. The molecule has 0 aliphatic carbocycles. The Kier molecular flexibility index (Phi) is 2.53. The van der Waals surface area contributed by atoms with Gasteiger partial charge in [-0.3, -0.25) is 9.78 Å². The number of carbonyl (C=O) groups is 1. The molecule has 0 radical (unpaired) electrons. The zero-order chi connectivity index (χ0) is 11.7. The number of nitrogens with zero attached hydrogens (tertiary/aromatic N) is 1. The minimum absolute atomic E-state index is 0.228. The quantitative estimate of drug-likeness (QED) is 0.829. The fourth-order valence-electron chi connectivity index (χ4n) is 1.19. The van der Waals surface area contributed by atoms with Gasteiger partial charge in [-0.1, -0.05) is 6.07 Å². The molecule has 5 nitrogen and oxygen atoms in total. The minimum atomic E-state index is -1.34. The summed E-state index contributed by atoms with van der Waals surface area (Å²) in [5, 5.41) is 8.62. The number of hydrogen-bond donors (Lipinski definition) is 2. The molecule has 2 rings (SSSR count). The second kappa shape index (κ2) is 3.86. The standard InChI is InChI=1S/C9H5FN2O3S/c10-6-3-4(1-2-5(6)8(13)14)7-11-9(15)16-12-7/h1-3H,(H,13,14)(H,11,12,15). The average Bonchev–Trinajstić information content (AvgIpc) is 2.64. The van der Waals surface area contributed by atoms with Crippen LogP contribution in [0.15, 0.2) is 23.0 Å². The van der Waals surface area contributed by atoms with Crippen LogP contribution in [-0.2, 0) is 0 Å². The predicted octanol–water partition coefficient (Wildman–Crippen LogP) is 1.34. The van der Waals surface area contributed by atoms with Gasteiger partial charge in [0.1, 0.15) is 5.82 Å². The molecule has 0 saturated carbocycles. The van der Waals surface area contributed by atoms with Gasteiger partial charge in [0.25, 0.3) is 0 Å². The molecule has 2 N–H and O–H groups in total. The Morgan fingerprint density at radius 2 is 2.25 bits per heavy atom. The summed E-state index contributed by atoms with van der Waals surface area (Å²) in [5.41, 5.74) is -0.0813. The third kappa shape index (κ3) is 1.84. The molecule has 0 unspecified atom stereocenters. The lowest BCUT2D eigenvalue weighted by Gasteiger charge is -1.99. The van der Waals surface area contributed by atoms with E-state index in [9.17, 15) is 14.0 Å². The van der Waals surface area contributed by atoms with Crippen molar-refractivity contribution in [2.24, 2.45) is 0 Å². The smallest absolute Gasteiger partial charge is 0.338 e. The molecular weight excluding hydrogens is 235 g/mol. The SMILES string of the molecule is O=C(O)c1ccc(-c2nsc(=O)[nH]2)cc1F. The van der Waals surface area contributed by atoms with Gasteiger partial charge in [0.2, 0.25) is 0 Å². The summed E-state index contributed by atoms with van der Waals surface area (Å²) in [6.07, 6.45) is 0. The van der Waals surface area contributed by atoms with Crippen LogP contribution in [0.1, 0.15) is 10.4 Å². The van der Waals surface area contributed by atoms with Gasteiger partial charge in [0.15, 0.2) is 5.82 Å². The number of halogens is 1. The van der Waals surface area contributed by atoms with E-state index in [4.69, 9.17) is 5.11 Å². The van der Waals surface area contributed by atoms with Gasteiger partial charge in [0, 0.05) is 17.1 Å². The number of nitrogens with one attached hydrogen (secondary N) is 1. The molecule has 0 spiro atoms. The Morgan fingerprint density at radius 1 is 1.50 bits per heavy atom. The van der Waals surface area contributed by atoms with Crippen LogP contribution in [-0.4, -0.2) is 20.4 Å². The van der Waals surface area contributed by atoms with Crippen LogP contribution in [0.25, 0.3) is 11.4 Å². The number of hydrogen-bond acceptors (Lipinski definition) is 4. The molecule has 0 fully saturated rings. The summed E-state index contributed by atoms with van der Waals surface area (Å²) < 4.78 is 17.1. The molecule has 0 atom stereocenters. The summed E-state index contributed by atoms with van der Waals surface area (Å²) in [6.45, 7) is 0. The molecular formula is C9H5FN2O3S. The van der Waals surface area contributed by atoms with Crippen LogP contribution in [0.3, 0.4) is 0 Å². The lowest BCUT2D eigenvalue weighted by molar-refractivity contribution is 0.0692. The van der Waals surface area contributed by atoms with Crippen LogP contribution in [0.4, 0.5) is 4.39 Å². The summed E-state index contributed by atoms with van der Waals surface area (Å²) in [4.78, 5) is 23.5. The normalized spacial score (nSPS) is 10.3. The molecule has 0 bridgehead atoms. The maximum Gasteiger partial charge on any atom is 0.338 e. The van der Waals surface area contributed by atoms with Crippen LogP contribution in [0.2, 0.25) is 0 Å². The van der Waals surface area contributed by atoms with Crippen molar-refractivity contribution in [2.75, 3.05) is 0 Å². The Labute approximate surface area is 92.4 Å². The number of carboxylic acid groups (broad SMARTS) is 1. The first kappa shape index (κ1) is 10.5. The van der Waals surface area contributed by atoms with E-state index in [0.29, 0.717) is 17.1 Å². The zero-order valence-electron chi connectivity index (χ0n) is 7.73. The van der Waals surface area contributed by atoms with Crippen molar-refractivity contribution in [3.8, 4) is 11.4 Å². The van der Waals surface area contributed by atoms with Crippen molar-refractivity contribution in [1.82, 2.24) is 9.36 Å². The van der Waals surface area contributed by atoms with Crippen LogP contribution in [0, 0.1) is 5.82 Å². The highest BCUT2D eigenvalue weighted by atomic mass is 32.1. The van der Waals surface area contributed by atoms with Crippen LogP contribution in [0.5, 0.6) is 0 Å². The maximum atomic E-state index is 13.3. The fourth-order valence-corrected chi connectivity index (χ4v) is 1.66. The molecule has 1 aromatic heterocycles. The van der Waals surface area contributed by atoms with E-state index in [2.05, 4.69) is 9.36 Å². The molecule has 2 aromatic rings. The van der Waals surface area contributed by atoms with Crippen molar-refractivity contribution in [3.05, 3.63) is 39.2 Å². The van der Waals surface area contributed by atoms with Gasteiger partial charge in [-0.2, -0.15) is 4.37 Å². The molecule has 0 amide bonds. The van der Waals surface area contributed by atoms with Gasteiger partial charge >= 0.3 is 10.8 Å². The highest BCUT2D eigenvalue weighted by Gasteiger charge is 2.12. The molecule has 1 aromatic carbocycles. The fraction of sp³-hybridized carbons (Fsp3) is 0. The first-order valence-corrected chi connectivity index (χ1v) is 4.94. The number of aromatic amines is 1. The van der Waals surface area contributed by atoms with Crippen molar-refractivity contribution >= 4 is 17.5 Å². The lowest BCUT2D eigenvalue weighted by Crippen LogP contribution is -2.00. The van der Waals surface area contributed by atoms with Gasteiger partial charge in [-0.15, -0.1) is 0 Å². The second-order valence-corrected chi connectivity index (χ2v) is 3.68. The largest absolute Gasteiger partial charge is 0.478 e. The highest BCUT2D eigenvalue weighted by Crippen LogP contribution is 2.18. The first-order chi connectivity index (χ1) is 7.58. The summed E-state index contributed by atoms with van der Waals surface area (Å²) in [6, 6.07) is 3.54. The summed E-state index contributed by atoms with van der Waals surface area (Å²) in [7, 11) is 0. The summed E-state index contributed by atoms with van der Waals surface area (Å²) in [5.74, 6) is -1.97. The first-order valence-electron chi connectivity index (χ1n) is 4.17. The third-order valence-corrected chi connectivity index (χ3v) is 2.45. The molecule has 0 saturated heterocycles. The molecule has 0 aliphatic rings. The molecule has 82 valence electrons. The average molecular weight is 240 g/mol. The highest BCUT2D eigenvalue weighted by molar-refractivity contribution is 7.03. The van der Waals surface area contributed by atoms with Crippen molar-refractivity contribution in [3.63, 3.8) is 0 Å². The number of aromatic nitrogens is 2. The Hall–Kier alpha value is -2.02.